The summed E-state index contributed by atoms with van der Waals surface area (Å²) in [7, 11) is 0. The number of hydrogen-bond acceptors (Lipinski definition) is 0. The van der Waals surface area contributed by atoms with Crippen molar-refractivity contribution in [1.82, 2.24) is 4.98 Å². The first kappa shape index (κ1) is 11.1. The van der Waals surface area contributed by atoms with Gasteiger partial charge in [-0.25, -0.2) is 0 Å². The average molecular weight is 191 g/mol. The molecule has 0 fully saturated rings. The number of nitrogens with one attached hydrogen (secondary N) is 1. The van der Waals surface area contributed by atoms with Gasteiger partial charge in [-0.15, -0.1) is 0 Å². The molecule has 1 heterocycles. The zero-order valence-corrected chi connectivity index (χ0v) is 9.56. The number of fused-ring (bicyclic) bond motifs is 1. The number of allylic oxidation sites excluding steroid dienone is 1. The summed E-state index contributed by atoms with van der Waals surface area (Å²) in [6, 6.07) is 2.16. The molecule has 1 N–H and O–H groups in total. The summed E-state index contributed by atoms with van der Waals surface area (Å²) in [5.74, 6) is 0. The minimum absolute atomic E-state index is 1.20. The van der Waals surface area contributed by atoms with Crippen molar-refractivity contribution in [2.45, 2.75) is 46.5 Å². The van der Waals surface area contributed by atoms with Crippen LogP contribution in [0.15, 0.2) is 17.8 Å². The smallest absolute Gasteiger partial charge is 0.0220 e. The lowest BCUT2D eigenvalue weighted by atomic mass is 10.1. The van der Waals surface area contributed by atoms with E-state index in [-0.39, 0.29) is 0 Å². The molecular formula is C13H21N. The van der Waals surface area contributed by atoms with Crippen LogP contribution in [0.25, 0.3) is 6.08 Å². The van der Waals surface area contributed by atoms with Crippen molar-refractivity contribution in [3.8, 4) is 0 Å². The van der Waals surface area contributed by atoms with E-state index in [4.69, 9.17) is 0 Å². The number of H-pyrrole nitrogens is 1. The second kappa shape index (κ2) is 5.69. The molecule has 0 aromatic carbocycles. The lowest BCUT2D eigenvalue weighted by Gasteiger charge is -1.93. The van der Waals surface area contributed by atoms with Crippen molar-refractivity contribution in [3.05, 3.63) is 29.1 Å². The Morgan fingerprint density at radius 1 is 1.29 bits per heavy atom. The monoisotopic (exact) mass is 191 g/mol. The third kappa shape index (κ3) is 3.06. The summed E-state index contributed by atoms with van der Waals surface area (Å²) < 4.78 is 0. The highest BCUT2D eigenvalue weighted by Crippen LogP contribution is 2.21. The van der Waals surface area contributed by atoms with Gasteiger partial charge in [-0.1, -0.05) is 31.9 Å². The largest absolute Gasteiger partial charge is 0.364 e. The van der Waals surface area contributed by atoms with Crippen LogP contribution < -0.4 is 0 Å². The normalized spacial score (nSPS) is 14.6. The SMILES string of the molecule is CC1=Cc2cc[nH]c2CCC1.CCC. The van der Waals surface area contributed by atoms with Crippen LogP contribution in [0.3, 0.4) is 0 Å². The summed E-state index contributed by atoms with van der Waals surface area (Å²) in [6.45, 7) is 6.46. The third-order valence-electron chi connectivity index (χ3n) is 2.27. The van der Waals surface area contributed by atoms with Crippen LogP contribution in [0.5, 0.6) is 0 Å². The number of aromatic nitrogens is 1. The van der Waals surface area contributed by atoms with Crippen molar-refractivity contribution in [2.75, 3.05) is 0 Å². The Kier molecular flexibility index (Phi) is 4.51. The van der Waals surface area contributed by atoms with Gasteiger partial charge in [-0.2, -0.15) is 0 Å². The first-order valence-electron chi connectivity index (χ1n) is 5.61. The van der Waals surface area contributed by atoms with Crippen molar-refractivity contribution in [3.63, 3.8) is 0 Å². The highest BCUT2D eigenvalue weighted by atomic mass is 14.7. The van der Waals surface area contributed by atoms with Crippen LogP contribution >= 0.6 is 0 Å². The summed E-state index contributed by atoms with van der Waals surface area (Å²) in [4.78, 5) is 3.27. The van der Waals surface area contributed by atoms with Gasteiger partial charge in [0.1, 0.15) is 0 Å². The van der Waals surface area contributed by atoms with Gasteiger partial charge in [-0.3, -0.25) is 0 Å². The Labute approximate surface area is 87.2 Å². The standard InChI is InChI=1S/C10H13N.C3H8/c1-8-3-2-4-10-9(7-8)5-6-11-10;1-3-2/h5-7,11H,2-4H2,1H3;3H2,1-2H3. The Morgan fingerprint density at radius 3 is 2.71 bits per heavy atom. The lowest BCUT2D eigenvalue weighted by Crippen LogP contribution is -1.84. The molecule has 1 aliphatic rings. The van der Waals surface area contributed by atoms with Gasteiger partial charge in [0.05, 0.1) is 0 Å². The Morgan fingerprint density at radius 2 is 2.00 bits per heavy atom. The molecule has 0 radical (unpaired) electrons. The molecule has 2 rings (SSSR count). The molecule has 0 atom stereocenters. The summed E-state index contributed by atoms with van der Waals surface area (Å²) in [5.41, 5.74) is 4.30. The molecule has 78 valence electrons. The molecule has 1 aliphatic carbocycles. The third-order valence-corrected chi connectivity index (χ3v) is 2.27. The van der Waals surface area contributed by atoms with E-state index in [0.29, 0.717) is 0 Å². The Bertz CT molecular complexity index is 294. The summed E-state index contributed by atoms with van der Waals surface area (Å²) >= 11 is 0. The fraction of sp³-hybridized carbons (Fsp3) is 0.538. The summed E-state index contributed by atoms with van der Waals surface area (Å²) in [5, 5.41) is 0. The minimum atomic E-state index is 1.20. The molecule has 0 amide bonds. The van der Waals surface area contributed by atoms with Crippen molar-refractivity contribution < 1.29 is 0 Å². The fourth-order valence-corrected chi connectivity index (χ4v) is 1.65. The topological polar surface area (TPSA) is 15.8 Å². The molecule has 0 spiro atoms. The number of rotatable bonds is 0. The van der Waals surface area contributed by atoms with Crippen molar-refractivity contribution in [2.24, 2.45) is 0 Å². The van der Waals surface area contributed by atoms with Gasteiger partial charge in [0.15, 0.2) is 0 Å². The van der Waals surface area contributed by atoms with E-state index in [1.807, 2.05) is 6.20 Å². The molecule has 1 aromatic rings. The van der Waals surface area contributed by atoms with E-state index in [9.17, 15) is 0 Å². The van der Waals surface area contributed by atoms with E-state index in [0.717, 1.165) is 0 Å². The molecule has 0 bridgehead atoms. The average Bonchev–Trinajstić information content (AvgIpc) is 2.48. The van der Waals surface area contributed by atoms with Gasteiger partial charge >= 0.3 is 0 Å². The zero-order chi connectivity index (χ0) is 10.4. The van der Waals surface area contributed by atoms with Crippen LogP contribution in [-0.4, -0.2) is 4.98 Å². The molecule has 1 heteroatoms. The van der Waals surface area contributed by atoms with E-state index < -0.39 is 0 Å². The highest BCUT2D eigenvalue weighted by Gasteiger charge is 2.05. The van der Waals surface area contributed by atoms with Gasteiger partial charge in [-0.05, 0) is 37.8 Å². The first-order chi connectivity index (χ1) is 6.77. The van der Waals surface area contributed by atoms with Crippen molar-refractivity contribution >= 4 is 6.08 Å². The number of aromatic amines is 1. The maximum absolute atomic E-state index is 3.27. The van der Waals surface area contributed by atoms with Crippen LogP contribution in [0.2, 0.25) is 0 Å². The Balaban J connectivity index is 0.000000293. The molecule has 1 nitrogen and oxygen atoms in total. The fourth-order valence-electron chi connectivity index (χ4n) is 1.65. The maximum atomic E-state index is 3.27. The quantitative estimate of drug-likeness (QED) is 0.633. The van der Waals surface area contributed by atoms with Crippen LogP contribution in [0.4, 0.5) is 0 Å². The van der Waals surface area contributed by atoms with Gasteiger partial charge < -0.3 is 4.98 Å². The molecule has 14 heavy (non-hydrogen) atoms. The second-order valence-corrected chi connectivity index (χ2v) is 3.96. The zero-order valence-electron chi connectivity index (χ0n) is 9.56. The van der Waals surface area contributed by atoms with E-state index in [1.165, 1.54) is 42.5 Å². The van der Waals surface area contributed by atoms with E-state index >= 15 is 0 Å². The van der Waals surface area contributed by atoms with Gasteiger partial charge in [0.25, 0.3) is 0 Å². The molecular weight excluding hydrogens is 170 g/mol. The second-order valence-electron chi connectivity index (χ2n) is 3.96. The van der Waals surface area contributed by atoms with E-state index in [1.54, 1.807) is 0 Å². The Hall–Kier alpha value is -0.980. The maximum Gasteiger partial charge on any atom is 0.0220 e. The van der Waals surface area contributed by atoms with Gasteiger partial charge in [0.2, 0.25) is 0 Å². The minimum Gasteiger partial charge on any atom is -0.364 e. The first-order valence-corrected chi connectivity index (χ1v) is 5.61. The summed E-state index contributed by atoms with van der Waals surface area (Å²) in [6.07, 6.45) is 9.31. The number of aryl methyl sites for hydroxylation is 1. The predicted octanol–water partition coefficient (Wildman–Crippen LogP) is 4.17. The van der Waals surface area contributed by atoms with Crippen molar-refractivity contribution in [1.29, 1.82) is 0 Å². The lowest BCUT2D eigenvalue weighted by molar-refractivity contribution is 0.808. The van der Waals surface area contributed by atoms with Crippen LogP contribution in [0.1, 0.15) is 51.3 Å². The highest BCUT2D eigenvalue weighted by molar-refractivity contribution is 5.55. The number of hydrogen-bond donors (Lipinski definition) is 1. The van der Waals surface area contributed by atoms with Gasteiger partial charge in [0, 0.05) is 11.9 Å². The predicted molar refractivity (Wildman–Crippen MR) is 63.3 cm³/mol. The molecule has 0 aliphatic heterocycles. The molecule has 0 saturated heterocycles. The van der Waals surface area contributed by atoms with Crippen LogP contribution in [-0.2, 0) is 6.42 Å². The molecule has 0 saturated carbocycles. The molecule has 1 aromatic heterocycles. The molecule has 0 unspecified atom stereocenters. The van der Waals surface area contributed by atoms with E-state index in [2.05, 4.69) is 37.9 Å². The van der Waals surface area contributed by atoms with Crippen LogP contribution in [0, 0.1) is 0 Å².